The van der Waals surface area contributed by atoms with Crippen LogP contribution in [0.1, 0.15) is 81.0 Å². The largest absolute Gasteiger partial charge is 0.497 e. The van der Waals surface area contributed by atoms with Gasteiger partial charge in [-0.1, -0.05) is 45.1 Å². The number of aromatic nitrogens is 1. The molecule has 2 fully saturated rings. The molecule has 0 saturated heterocycles. The van der Waals surface area contributed by atoms with Crippen molar-refractivity contribution in [1.29, 1.82) is 0 Å². The Balaban J connectivity index is 1.67. The summed E-state index contributed by atoms with van der Waals surface area (Å²) in [5, 5.41) is 3.78. The summed E-state index contributed by atoms with van der Waals surface area (Å²) in [4.78, 5) is 0. The van der Waals surface area contributed by atoms with Crippen molar-refractivity contribution < 1.29 is 4.74 Å². The topological polar surface area (TPSA) is 26.2 Å². The molecular formula is C28H40N2O. The van der Waals surface area contributed by atoms with E-state index in [9.17, 15) is 0 Å². The fourth-order valence-electron chi connectivity index (χ4n) is 5.66. The Bertz CT molecular complexity index is 898. The predicted octanol–water partition coefficient (Wildman–Crippen LogP) is 7.25. The van der Waals surface area contributed by atoms with Crippen LogP contribution in [0.15, 0.2) is 30.8 Å². The predicted molar refractivity (Wildman–Crippen MR) is 132 cm³/mol. The molecule has 2 saturated carbocycles. The Kier molecular flexibility index (Phi) is 7.09. The van der Waals surface area contributed by atoms with E-state index in [4.69, 9.17) is 4.74 Å². The van der Waals surface area contributed by atoms with E-state index in [1.165, 1.54) is 92.3 Å². The summed E-state index contributed by atoms with van der Waals surface area (Å²) in [5.74, 6) is 1.71. The molecule has 31 heavy (non-hydrogen) atoms. The van der Waals surface area contributed by atoms with Gasteiger partial charge in [0.25, 0.3) is 0 Å². The van der Waals surface area contributed by atoms with Gasteiger partial charge in [-0.2, -0.15) is 0 Å². The second-order valence-electron chi connectivity index (χ2n) is 9.78. The number of ether oxygens (including phenoxy) is 1. The summed E-state index contributed by atoms with van der Waals surface area (Å²) in [7, 11) is 1.74. The van der Waals surface area contributed by atoms with Gasteiger partial charge < -0.3 is 14.6 Å². The molecule has 1 aromatic carbocycles. The molecule has 0 unspecified atom stereocenters. The lowest BCUT2D eigenvalue weighted by molar-refractivity contribution is 0.319. The van der Waals surface area contributed by atoms with Crippen LogP contribution in [0.5, 0.6) is 5.75 Å². The van der Waals surface area contributed by atoms with E-state index in [0.29, 0.717) is 6.04 Å². The second-order valence-corrected chi connectivity index (χ2v) is 9.78. The minimum atomic E-state index is 0.577. The van der Waals surface area contributed by atoms with E-state index < -0.39 is 0 Å². The lowest BCUT2D eigenvalue weighted by Crippen LogP contribution is -2.29. The molecule has 0 bridgehead atoms. The summed E-state index contributed by atoms with van der Waals surface area (Å²) >= 11 is 0. The summed E-state index contributed by atoms with van der Waals surface area (Å²) in [5.41, 5.74) is 7.62. The van der Waals surface area contributed by atoms with Crippen molar-refractivity contribution in [2.24, 2.45) is 5.92 Å². The minimum absolute atomic E-state index is 0.577. The Morgan fingerprint density at radius 1 is 1.00 bits per heavy atom. The molecule has 0 radical (unpaired) electrons. The van der Waals surface area contributed by atoms with Crippen molar-refractivity contribution in [3.8, 4) is 17.0 Å². The maximum absolute atomic E-state index is 5.46. The van der Waals surface area contributed by atoms with E-state index >= 15 is 0 Å². The van der Waals surface area contributed by atoms with E-state index in [-0.39, 0.29) is 0 Å². The third-order valence-electron chi connectivity index (χ3n) is 7.55. The normalized spacial score (nSPS) is 18.2. The van der Waals surface area contributed by atoms with E-state index in [1.54, 1.807) is 7.11 Å². The molecule has 1 heterocycles. The molecule has 168 valence electrons. The molecule has 2 aromatic rings. The molecule has 0 amide bonds. The first kappa shape index (κ1) is 22.0. The van der Waals surface area contributed by atoms with Gasteiger partial charge in [0, 0.05) is 40.8 Å². The third-order valence-corrected chi connectivity index (χ3v) is 7.55. The SMILES string of the molecule is C=C(NC1CCCCC1)c1cc(-c2ccc(OC)cc2C)n(CC2CCCCC2)c1C. The smallest absolute Gasteiger partial charge is 0.119 e. The standard InChI is InChI=1S/C28H40N2O/c1-20-17-25(31-4)15-16-26(20)28-18-27(21(2)29-24-13-9-6-10-14-24)22(3)30(28)19-23-11-7-5-8-12-23/h15-18,23-24,29H,2,5-14,19H2,1,3-4H3. The lowest BCUT2D eigenvalue weighted by Gasteiger charge is -2.26. The van der Waals surface area contributed by atoms with Crippen LogP contribution in [0.4, 0.5) is 0 Å². The van der Waals surface area contributed by atoms with Crippen LogP contribution in [0.3, 0.4) is 0 Å². The zero-order valence-electron chi connectivity index (χ0n) is 19.8. The average Bonchev–Trinajstić information content (AvgIpc) is 3.11. The van der Waals surface area contributed by atoms with Gasteiger partial charge >= 0.3 is 0 Å². The van der Waals surface area contributed by atoms with Gasteiger partial charge in [0.1, 0.15) is 5.75 Å². The average molecular weight is 421 g/mol. The number of hydrogen-bond donors (Lipinski definition) is 1. The molecule has 3 nitrogen and oxygen atoms in total. The van der Waals surface area contributed by atoms with Crippen LogP contribution in [0.2, 0.25) is 0 Å². The molecule has 2 aliphatic carbocycles. The van der Waals surface area contributed by atoms with Crippen molar-refractivity contribution in [3.05, 3.63) is 47.7 Å². The van der Waals surface area contributed by atoms with Crippen LogP contribution in [-0.4, -0.2) is 17.7 Å². The Morgan fingerprint density at radius 3 is 2.32 bits per heavy atom. The first-order valence-corrected chi connectivity index (χ1v) is 12.4. The maximum atomic E-state index is 5.46. The zero-order chi connectivity index (χ0) is 21.8. The Morgan fingerprint density at radius 2 is 1.68 bits per heavy atom. The van der Waals surface area contributed by atoms with Gasteiger partial charge in [-0.15, -0.1) is 0 Å². The number of methoxy groups -OCH3 is 1. The van der Waals surface area contributed by atoms with Crippen molar-refractivity contribution in [2.45, 2.75) is 90.6 Å². The van der Waals surface area contributed by atoms with Gasteiger partial charge in [0.15, 0.2) is 0 Å². The molecule has 4 rings (SSSR count). The minimum Gasteiger partial charge on any atom is -0.497 e. The van der Waals surface area contributed by atoms with Crippen LogP contribution in [-0.2, 0) is 6.54 Å². The van der Waals surface area contributed by atoms with Crippen LogP contribution >= 0.6 is 0 Å². The van der Waals surface area contributed by atoms with E-state index in [1.807, 2.05) is 0 Å². The summed E-state index contributed by atoms with van der Waals surface area (Å²) in [6.45, 7) is 10.1. The molecule has 1 aromatic heterocycles. The maximum Gasteiger partial charge on any atom is 0.119 e. The van der Waals surface area contributed by atoms with Gasteiger partial charge in [-0.25, -0.2) is 0 Å². The highest BCUT2D eigenvalue weighted by Crippen LogP contribution is 2.35. The quantitative estimate of drug-likeness (QED) is 0.510. The monoisotopic (exact) mass is 420 g/mol. The molecule has 0 atom stereocenters. The van der Waals surface area contributed by atoms with Crippen molar-refractivity contribution in [3.63, 3.8) is 0 Å². The highest BCUT2D eigenvalue weighted by atomic mass is 16.5. The highest BCUT2D eigenvalue weighted by molar-refractivity contribution is 5.74. The first-order chi connectivity index (χ1) is 15.1. The number of hydrogen-bond acceptors (Lipinski definition) is 2. The fraction of sp³-hybridized carbons (Fsp3) is 0.571. The van der Waals surface area contributed by atoms with Gasteiger partial charge in [-0.3, -0.25) is 0 Å². The van der Waals surface area contributed by atoms with E-state index in [2.05, 4.69) is 54.6 Å². The third kappa shape index (κ3) is 5.02. The number of nitrogens with one attached hydrogen (secondary N) is 1. The van der Waals surface area contributed by atoms with Crippen molar-refractivity contribution in [1.82, 2.24) is 9.88 Å². The first-order valence-electron chi connectivity index (χ1n) is 12.4. The molecule has 1 N–H and O–H groups in total. The number of aryl methyl sites for hydroxylation is 1. The van der Waals surface area contributed by atoms with Gasteiger partial charge in [0.05, 0.1) is 7.11 Å². The van der Waals surface area contributed by atoms with Crippen LogP contribution < -0.4 is 10.1 Å². The number of rotatable bonds is 7. The highest BCUT2D eigenvalue weighted by Gasteiger charge is 2.22. The molecule has 2 aliphatic rings. The molecule has 0 aliphatic heterocycles. The Labute approximate surface area is 188 Å². The summed E-state index contributed by atoms with van der Waals surface area (Å²) < 4.78 is 8.04. The second kappa shape index (κ2) is 9.97. The van der Waals surface area contributed by atoms with Crippen molar-refractivity contribution in [2.75, 3.05) is 7.11 Å². The molecule has 3 heteroatoms. The fourth-order valence-corrected chi connectivity index (χ4v) is 5.66. The molecule has 0 spiro atoms. The van der Waals surface area contributed by atoms with Gasteiger partial charge in [0.2, 0.25) is 0 Å². The van der Waals surface area contributed by atoms with Crippen LogP contribution in [0, 0.1) is 19.8 Å². The zero-order valence-corrected chi connectivity index (χ0v) is 19.8. The van der Waals surface area contributed by atoms with Crippen molar-refractivity contribution >= 4 is 5.70 Å². The number of benzene rings is 1. The Hall–Kier alpha value is -2.16. The van der Waals surface area contributed by atoms with Gasteiger partial charge in [-0.05, 0) is 75.3 Å². The van der Waals surface area contributed by atoms with E-state index in [0.717, 1.165) is 23.9 Å². The summed E-state index contributed by atoms with van der Waals surface area (Å²) in [6, 6.07) is 9.42. The molecular weight excluding hydrogens is 380 g/mol. The lowest BCUT2D eigenvalue weighted by atomic mass is 9.89. The summed E-state index contributed by atoms with van der Waals surface area (Å²) in [6.07, 6.45) is 13.5. The number of nitrogens with zero attached hydrogens (tertiary/aromatic N) is 1. The van der Waals surface area contributed by atoms with Crippen LogP contribution in [0.25, 0.3) is 17.0 Å².